The lowest BCUT2D eigenvalue weighted by molar-refractivity contribution is -0.146. The number of alkyl halides is 3. The van der Waals surface area contributed by atoms with Gasteiger partial charge >= 0.3 is 6.18 Å². The lowest BCUT2D eigenvalue weighted by Gasteiger charge is -2.34. The average molecular weight is 465 g/mol. The Morgan fingerprint density at radius 1 is 1.13 bits per heavy atom. The fraction of sp³-hybridized carbons (Fsp3) is 0.455. The second kappa shape index (κ2) is 11.8. The minimum absolute atomic E-state index is 0. The summed E-state index contributed by atoms with van der Waals surface area (Å²) in [6.07, 6.45) is -2.19. The minimum atomic E-state index is -4.26. The second-order valence-corrected chi connectivity index (χ2v) is 7.31. The van der Waals surface area contributed by atoms with Crippen molar-refractivity contribution in [3.63, 3.8) is 0 Å². The van der Waals surface area contributed by atoms with Gasteiger partial charge in [-0.05, 0) is 43.5 Å². The summed E-state index contributed by atoms with van der Waals surface area (Å²) in [6.45, 7) is 2.60. The third-order valence-corrected chi connectivity index (χ3v) is 5.47. The molecule has 8 heteroatoms. The highest BCUT2D eigenvalue weighted by atomic mass is 35.5. The fourth-order valence-electron chi connectivity index (χ4n) is 3.75. The van der Waals surface area contributed by atoms with Gasteiger partial charge in [0.25, 0.3) is 0 Å². The summed E-state index contributed by atoms with van der Waals surface area (Å²) in [7, 11) is 1.54. The zero-order chi connectivity index (χ0) is 20.1. The van der Waals surface area contributed by atoms with Crippen LogP contribution in [0.5, 0.6) is 5.75 Å². The van der Waals surface area contributed by atoms with E-state index in [2.05, 4.69) is 22.8 Å². The van der Waals surface area contributed by atoms with Crippen molar-refractivity contribution in [3.05, 3.63) is 65.2 Å². The second-order valence-electron chi connectivity index (χ2n) is 7.31. The third kappa shape index (κ3) is 6.51. The van der Waals surface area contributed by atoms with Gasteiger partial charge in [-0.25, -0.2) is 0 Å². The van der Waals surface area contributed by atoms with E-state index < -0.39 is 12.1 Å². The highest BCUT2D eigenvalue weighted by molar-refractivity contribution is 5.85. The first kappa shape index (κ1) is 26.6. The third-order valence-electron chi connectivity index (χ3n) is 5.47. The van der Waals surface area contributed by atoms with Gasteiger partial charge < -0.3 is 15.4 Å². The standard InChI is InChI=1S/C22H27F3N2O.2ClH/c1-15(22(23,24)25)17-10-11-20(28-2)18(13-17)14-27-19-9-6-12-26-21(19)16-7-4-3-5-8-16;;/h3-5,7-8,10-11,13,15,19,21,26-27H,6,9,12,14H2,1-2H3;2*1H/t15?,19-,21-;;/m0../s1. The number of hydrogen-bond acceptors (Lipinski definition) is 3. The number of ether oxygens (including phenoxy) is 1. The van der Waals surface area contributed by atoms with Gasteiger partial charge in [0.2, 0.25) is 0 Å². The Morgan fingerprint density at radius 2 is 1.83 bits per heavy atom. The molecule has 0 aliphatic carbocycles. The van der Waals surface area contributed by atoms with Gasteiger partial charge in [-0.2, -0.15) is 13.2 Å². The monoisotopic (exact) mass is 464 g/mol. The topological polar surface area (TPSA) is 33.3 Å². The van der Waals surface area contributed by atoms with E-state index in [9.17, 15) is 13.2 Å². The largest absolute Gasteiger partial charge is 0.496 e. The normalized spacial score (nSPS) is 19.9. The Labute approximate surface area is 188 Å². The van der Waals surface area contributed by atoms with E-state index in [1.807, 2.05) is 18.2 Å². The van der Waals surface area contributed by atoms with Crippen molar-refractivity contribution in [2.75, 3.05) is 13.7 Å². The van der Waals surface area contributed by atoms with E-state index in [4.69, 9.17) is 4.74 Å². The first-order valence-corrected chi connectivity index (χ1v) is 9.65. The average Bonchev–Trinajstić information content (AvgIpc) is 2.71. The number of nitrogens with one attached hydrogen (secondary N) is 2. The van der Waals surface area contributed by atoms with Gasteiger partial charge in [0.15, 0.2) is 0 Å². The maximum absolute atomic E-state index is 13.1. The molecule has 168 valence electrons. The SMILES string of the molecule is COc1ccc(C(C)C(F)(F)F)cc1CN[C@H]1CCCN[C@H]1c1ccccc1.Cl.Cl. The van der Waals surface area contributed by atoms with Crippen LogP contribution >= 0.6 is 24.8 Å². The Bertz CT molecular complexity index is 775. The Balaban J connectivity index is 0.00000225. The van der Waals surface area contributed by atoms with Crippen LogP contribution in [0.4, 0.5) is 13.2 Å². The van der Waals surface area contributed by atoms with E-state index in [1.54, 1.807) is 19.2 Å². The van der Waals surface area contributed by atoms with Crippen LogP contribution in [-0.2, 0) is 6.54 Å². The lowest BCUT2D eigenvalue weighted by atomic mass is 9.92. The molecule has 3 atom stereocenters. The molecule has 0 aromatic heterocycles. The van der Waals surface area contributed by atoms with E-state index in [0.29, 0.717) is 12.3 Å². The number of piperidine rings is 1. The van der Waals surface area contributed by atoms with E-state index in [-0.39, 0.29) is 42.5 Å². The molecule has 1 unspecified atom stereocenters. The predicted octanol–water partition coefficient (Wildman–Crippen LogP) is 5.79. The zero-order valence-electron chi connectivity index (χ0n) is 17.0. The fourth-order valence-corrected chi connectivity index (χ4v) is 3.75. The van der Waals surface area contributed by atoms with Gasteiger partial charge in [-0.15, -0.1) is 24.8 Å². The molecule has 0 saturated carbocycles. The van der Waals surface area contributed by atoms with Gasteiger partial charge in [0.1, 0.15) is 5.75 Å². The van der Waals surface area contributed by atoms with Crippen LogP contribution in [0.1, 0.15) is 48.4 Å². The molecule has 1 aliphatic heterocycles. The maximum atomic E-state index is 13.1. The van der Waals surface area contributed by atoms with Gasteiger partial charge in [-0.1, -0.05) is 42.5 Å². The Morgan fingerprint density at radius 3 is 2.47 bits per heavy atom. The molecule has 2 aromatic carbocycles. The number of halogens is 5. The molecule has 2 aromatic rings. The van der Waals surface area contributed by atoms with Crippen molar-refractivity contribution >= 4 is 24.8 Å². The summed E-state index contributed by atoms with van der Waals surface area (Å²) < 4.78 is 44.7. The quantitative estimate of drug-likeness (QED) is 0.567. The van der Waals surface area contributed by atoms with Crippen molar-refractivity contribution in [1.82, 2.24) is 10.6 Å². The van der Waals surface area contributed by atoms with Crippen LogP contribution in [0.25, 0.3) is 0 Å². The van der Waals surface area contributed by atoms with Gasteiger partial charge in [0, 0.05) is 24.2 Å². The van der Waals surface area contributed by atoms with E-state index in [1.165, 1.54) is 18.6 Å². The molecule has 0 spiro atoms. The number of methoxy groups -OCH3 is 1. The molecular formula is C22H29Cl2F3N2O. The summed E-state index contributed by atoms with van der Waals surface area (Å²) in [5.41, 5.74) is 2.21. The zero-order valence-corrected chi connectivity index (χ0v) is 18.7. The molecule has 3 nitrogen and oxygen atoms in total. The molecule has 3 rings (SSSR count). The molecule has 1 heterocycles. The molecule has 1 fully saturated rings. The number of benzene rings is 2. The smallest absolute Gasteiger partial charge is 0.395 e. The van der Waals surface area contributed by atoms with Crippen LogP contribution in [0.15, 0.2) is 48.5 Å². The summed E-state index contributed by atoms with van der Waals surface area (Å²) in [5.74, 6) is -0.906. The molecule has 0 bridgehead atoms. The molecule has 30 heavy (non-hydrogen) atoms. The van der Waals surface area contributed by atoms with Gasteiger partial charge in [-0.3, -0.25) is 0 Å². The molecule has 2 N–H and O–H groups in total. The van der Waals surface area contributed by atoms with E-state index >= 15 is 0 Å². The Kier molecular flexibility index (Phi) is 10.4. The van der Waals surface area contributed by atoms with Crippen molar-refractivity contribution in [2.24, 2.45) is 0 Å². The molecular weight excluding hydrogens is 436 g/mol. The van der Waals surface area contributed by atoms with Crippen LogP contribution in [0.2, 0.25) is 0 Å². The summed E-state index contributed by atoms with van der Waals surface area (Å²) >= 11 is 0. The molecule has 1 saturated heterocycles. The maximum Gasteiger partial charge on any atom is 0.395 e. The first-order valence-electron chi connectivity index (χ1n) is 9.65. The van der Waals surface area contributed by atoms with Crippen LogP contribution in [0.3, 0.4) is 0 Å². The number of rotatable bonds is 6. The first-order chi connectivity index (χ1) is 13.4. The van der Waals surface area contributed by atoms with Crippen LogP contribution in [0, 0.1) is 0 Å². The Hall–Kier alpha value is -1.47. The van der Waals surface area contributed by atoms with Crippen molar-refractivity contribution in [2.45, 2.75) is 50.5 Å². The van der Waals surface area contributed by atoms with Crippen LogP contribution in [-0.4, -0.2) is 25.9 Å². The molecule has 0 amide bonds. The van der Waals surface area contributed by atoms with E-state index in [0.717, 1.165) is 24.9 Å². The summed E-state index contributed by atoms with van der Waals surface area (Å²) in [6, 6.07) is 15.3. The molecule has 1 aliphatic rings. The highest BCUT2D eigenvalue weighted by Crippen LogP contribution is 2.36. The van der Waals surface area contributed by atoms with Crippen molar-refractivity contribution in [3.8, 4) is 5.75 Å². The summed E-state index contributed by atoms with van der Waals surface area (Å²) in [4.78, 5) is 0. The predicted molar refractivity (Wildman–Crippen MR) is 119 cm³/mol. The highest BCUT2D eigenvalue weighted by Gasteiger charge is 2.37. The minimum Gasteiger partial charge on any atom is -0.496 e. The lowest BCUT2D eigenvalue weighted by Crippen LogP contribution is -2.45. The van der Waals surface area contributed by atoms with Crippen molar-refractivity contribution < 1.29 is 17.9 Å². The molecule has 0 radical (unpaired) electrons. The van der Waals surface area contributed by atoms with Gasteiger partial charge in [0.05, 0.1) is 13.0 Å². The number of hydrogen-bond donors (Lipinski definition) is 2. The van der Waals surface area contributed by atoms with Crippen molar-refractivity contribution in [1.29, 1.82) is 0 Å². The van der Waals surface area contributed by atoms with Crippen LogP contribution < -0.4 is 15.4 Å². The summed E-state index contributed by atoms with van der Waals surface area (Å²) in [5, 5.41) is 7.10.